The fourth-order valence-electron chi connectivity index (χ4n) is 3.41. The van der Waals surface area contributed by atoms with Crippen molar-refractivity contribution in [3.05, 3.63) is 0 Å². The topological polar surface area (TPSA) is 29.3 Å². The number of nitrogens with zero attached hydrogens (tertiary/aromatic N) is 1. The first-order valence-corrected chi connectivity index (χ1v) is 7.73. The fraction of sp³-hybridized carbons (Fsp3) is 1.00. The van der Waals surface area contributed by atoms with Gasteiger partial charge in [0, 0.05) is 5.54 Å². The van der Waals surface area contributed by atoms with Gasteiger partial charge in [-0.3, -0.25) is 0 Å². The summed E-state index contributed by atoms with van der Waals surface area (Å²) in [4.78, 5) is 2.67. The second-order valence-corrected chi connectivity index (χ2v) is 6.39. The summed E-state index contributed by atoms with van der Waals surface area (Å²) in [6.07, 6.45) is 12.2. The van der Waals surface area contributed by atoms with Crippen LogP contribution in [0.1, 0.15) is 64.7 Å². The smallest absolute Gasteiger partial charge is 0.0166 e. The lowest BCUT2D eigenvalue weighted by Gasteiger charge is -2.39. The first kappa shape index (κ1) is 13.4. The van der Waals surface area contributed by atoms with E-state index in [2.05, 4.69) is 11.8 Å². The van der Waals surface area contributed by atoms with E-state index < -0.39 is 0 Å². The van der Waals surface area contributed by atoms with Gasteiger partial charge >= 0.3 is 0 Å². The van der Waals surface area contributed by atoms with Gasteiger partial charge < -0.3 is 10.6 Å². The second kappa shape index (κ2) is 6.19. The Kier molecular flexibility index (Phi) is 4.87. The first-order chi connectivity index (χ1) is 8.22. The Bertz CT molecular complexity index is 223. The Labute approximate surface area is 107 Å². The van der Waals surface area contributed by atoms with E-state index in [4.69, 9.17) is 5.73 Å². The molecule has 17 heavy (non-hydrogen) atoms. The van der Waals surface area contributed by atoms with Crippen LogP contribution in [0.4, 0.5) is 0 Å². The van der Waals surface area contributed by atoms with Gasteiger partial charge in [0.15, 0.2) is 0 Å². The van der Waals surface area contributed by atoms with E-state index in [0.717, 1.165) is 5.92 Å². The van der Waals surface area contributed by atoms with E-state index >= 15 is 0 Å². The highest BCUT2D eigenvalue weighted by atomic mass is 15.1. The number of nitrogens with two attached hydrogens (primary N) is 1. The predicted octanol–water partition coefficient (Wildman–Crippen LogP) is 3.16. The molecule has 1 atom stereocenters. The largest absolute Gasteiger partial charge is 0.325 e. The molecule has 1 heterocycles. The monoisotopic (exact) mass is 238 g/mol. The average Bonchev–Trinajstić information content (AvgIpc) is 2.50. The summed E-state index contributed by atoms with van der Waals surface area (Å²) in [5, 5.41) is 0. The van der Waals surface area contributed by atoms with E-state index in [9.17, 15) is 0 Å². The molecule has 2 aliphatic rings. The molecule has 2 fully saturated rings. The zero-order chi connectivity index (χ0) is 12.1. The van der Waals surface area contributed by atoms with Gasteiger partial charge in [-0.15, -0.1) is 0 Å². The van der Waals surface area contributed by atoms with Crippen LogP contribution in [0, 0.1) is 5.92 Å². The predicted molar refractivity (Wildman–Crippen MR) is 74.1 cm³/mol. The normalized spacial score (nSPS) is 29.6. The number of rotatable bonds is 5. The molecule has 1 aliphatic heterocycles. The Morgan fingerprint density at radius 1 is 1.18 bits per heavy atom. The van der Waals surface area contributed by atoms with Crippen molar-refractivity contribution in [3.63, 3.8) is 0 Å². The number of hydrogen-bond donors (Lipinski definition) is 1. The van der Waals surface area contributed by atoms with Gasteiger partial charge in [-0.2, -0.15) is 0 Å². The molecule has 1 saturated heterocycles. The third-order valence-corrected chi connectivity index (χ3v) is 4.91. The summed E-state index contributed by atoms with van der Waals surface area (Å²) in [5.74, 6) is 1.00. The summed E-state index contributed by atoms with van der Waals surface area (Å²) in [7, 11) is 0. The Hall–Kier alpha value is -0.0800. The summed E-state index contributed by atoms with van der Waals surface area (Å²) in [6, 6.07) is 0. The average molecular weight is 238 g/mol. The lowest BCUT2D eigenvalue weighted by molar-refractivity contribution is 0.182. The molecule has 0 amide bonds. The minimum Gasteiger partial charge on any atom is -0.325 e. The highest BCUT2D eigenvalue weighted by Gasteiger charge is 2.32. The van der Waals surface area contributed by atoms with Crippen LogP contribution in [0.3, 0.4) is 0 Å². The molecule has 100 valence electrons. The van der Waals surface area contributed by atoms with E-state index in [-0.39, 0.29) is 5.54 Å². The van der Waals surface area contributed by atoms with Gasteiger partial charge in [-0.05, 0) is 70.5 Å². The molecule has 2 nitrogen and oxygen atoms in total. The van der Waals surface area contributed by atoms with Gasteiger partial charge in [-0.25, -0.2) is 0 Å². The molecule has 0 aromatic heterocycles. The van der Waals surface area contributed by atoms with Gasteiger partial charge in [0.2, 0.25) is 0 Å². The third-order valence-electron chi connectivity index (χ3n) is 4.91. The molecular weight excluding hydrogens is 208 g/mol. The molecule has 2 N–H and O–H groups in total. The quantitative estimate of drug-likeness (QED) is 0.797. The molecule has 0 bridgehead atoms. The van der Waals surface area contributed by atoms with Crippen LogP contribution in [0.25, 0.3) is 0 Å². The third kappa shape index (κ3) is 3.96. The SMILES string of the molecule is CCCC1CCCN(CCC2(N)CCC2)CC1. The van der Waals surface area contributed by atoms with Crippen LogP contribution in [0.2, 0.25) is 0 Å². The van der Waals surface area contributed by atoms with Crippen molar-refractivity contribution in [2.24, 2.45) is 11.7 Å². The summed E-state index contributed by atoms with van der Waals surface area (Å²) >= 11 is 0. The van der Waals surface area contributed by atoms with Crippen LogP contribution in [0.15, 0.2) is 0 Å². The Morgan fingerprint density at radius 3 is 2.65 bits per heavy atom. The van der Waals surface area contributed by atoms with Gasteiger partial charge in [0.05, 0.1) is 0 Å². The molecular formula is C15H30N2. The molecule has 1 unspecified atom stereocenters. The lowest BCUT2D eigenvalue weighted by Crippen LogP contribution is -2.48. The Morgan fingerprint density at radius 2 is 2.00 bits per heavy atom. The highest BCUT2D eigenvalue weighted by molar-refractivity contribution is 4.93. The summed E-state index contributed by atoms with van der Waals surface area (Å²) in [6.45, 7) is 6.20. The molecule has 1 aliphatic carbocycles. The maximum absolute atomic E-state index is 6.31. The minimum absolute atomic E-state index is 0.217. The van der Waals surface area contributed by atoms with Crippen molar-refractivity contribution in [2.45, 2.75) is 70.3 Å². The molecule has 2 rings (SSSR count). The molecule has 0 aromatic rings. The zero-order valence-electron chi connectivity index (χ0n) is 11.6. The molecule has 0 spiro atoms. The van der Waals surface area contributed by atoms with E-state index in [0.29, 0.717) is 0 Å². The van der Waals surface area contributed by atoms with Crippen LogP contribution in [-0.2, 0) is 0 Å². The maximum Gasteiger partial charge on any atom is 0.0166 e. The van der Waals surface area contributed by atoms with E-state index in [1.165, 1.54) is 77.4 Å². The number of hydrogen-bond acceptors (Lipinski definition) is 2. The maximum atomic E-state index is 6.31. The van der Waals surface area contributed by atoms with Crippen molar-refractivity contribution < 1.29 is 0 Å². The molecule has 0 aromatic carbocycles. The molecule has 1 saturated carbocycles. The van der Waals surface area contributed by atoms with Crippen LogP contribution < -0.4 is 5.73 Å². The van der Waals surface area contributed by atoms with Crippen molar-refractivity contribution >= 4 is 0 Å². The van der Waals surface area contributed by atoms with Crippen LogP contribution in [0.5, 0.6) is 0 Å². The Balaban J connectivity index is 1.67. The van der Waals surface area contributed by atoms with Gasteiger partial charge in [0.25, 0.3) is 0 Å². The first-order valence-electron chi connectivity index (χ1n) is 7.73. The summed E-state index contributed by atoms with van der Waals surface area (Å²) < 4.78 is 0. The van der Waals surface area contributed by atoms with E-state index in [1.54, 1.807) is 0 Å². The van der Waals surface area contributed by atoms with Crippen molar-refractivity contribution in [3.8, 4) is 0 Å². The van der Waals surface area contributed by atoms with E-state index in [1.807, 2.05) is 0 Å². The highest BCUT2D eigenvalue weighted by Crippen LogP contribution is 2.32. The number of likely N-dealkylation sites (tertiary alicyclic amines) is 1. The minimum atomic E-state index is 0.217. The van der Waals surface area contributed by atoms with Crippen LogP contribution >= 0.6 is 0 Å². The van der Waals surface area contributed by atoms with Crippen molar-refractivity contribution in [1.29, 1.82) is 0 Å². The van der Waals surface area contributed by atoms with Gasteiger partial charge in [-0.1, -0.05) is 19.8 Å². The van der Waals surface area contributed by atoms with Crippen LogP contribution in [-0.4, -0.2) is 30.1 Å². The van der Waals surface area contributed by atoms with Crippen molar-refractivity contribution in [1.82, 2.24) is 4.90 Å². The van der Waals surface area contributed by atoms with Crippen molar-refractivity contribution in [2.75, 3.05) is 19.6 Å². The fourth-order valence-corrected chi connectivity index (χ4v) is 3.41. The molecule has 0 radical (unpaired) electrons. The van der Waals surface area contributed by atoms with Gasteiger partial charge in [0.1, 0.15) is 0 Å². The summed E-state index contributed by atoms with van der Waals surface area (Å²) in [5.41, 5.74) is 6.52. The standard InChI is InChI=1S/C15H30N2/c1-2-5-14-6-3-11-17(12-7-14)13-10-15(16)8-4-9-15/h14H,2-13,16H2,1H3. The lowest BCUT2D eigenvalue weighted by atomic mass is 9.75. The molecule has 2 heteroatoms. The zero-order valence-corrected chi connectivity index (χ0v) is 11.6. The second-order valence-electron chi connectivity index (χ2n) is 6.39.